The van der Waals surface area contributed by atoms with Crippen molar-refractivity contribution < 1.29 is 43.1 Å². The summed E-state index contributed by atoms with van der Waals surface area (Å²) in [6.07, 6.45) is -1.45. The molecule has 0 spiro atoms. The Morgan fingerprint density at radius 2 is 1.40 bits per heavy atom. The standard InChI is InChI=1S/C33H36O9S/c1-20-11-14-26(18-27(20)17-24-12-15-28(16-13-24)42-37-19-25-9-7-6-8-10-25)29-30(38-21(2)34)31(39-22(3)35)32(40-23(4)36)33(41-29)43-5/h6-16,18,29-33H,17,19H2,1-5H3/t29-,30-,31+,32-,33+/m0/s1. The Labute approximate surface area is 255 Å². The van der Waals surface area contributed by atoms with Crippen LogP contribution in [0.4, 0.5) is 0 Å². The second-order valence-electron chi connectivity index (χ2n) is 10.2. The van der Waals surface area contributed by atoms with Crippen molar-refractivity contribution in [1.29, 1.82) is 0 Å². The van der Waals surface area contributed by atoms with E-state index in [4.69, 9.17) is 28.7 Å². The SMILES string of the molecule is CS[C@H]1O[C@@H](c2ccc(C)c(Cc3ccc(OOCc4ccccc4)cc3)c2)[C@H](OC(C)=O)[C@@H](OC(C)=O)[C@@H]1OC(C)=O. The van der Waals surface area contributed by atoms with Crippen LogP contribution >= 0.6 is 11.8 Å². The highest BCUT2D eigenvalue weighted by molar-refractivity contribution is 7.99. The lowest BCUT2D eigenvalue weighted by Gasteiger charge is -2.44. The van der Waals surface area contributed by atoms with Crippen molar-refractivity contribution in [2.75, 3.05) is 6.26 Å². The van der Waals surface area contributed by atoms with Crippen LogP contribution in [0.15, 0.2) is 72.8 Å². The molecule has 5 atom stereocenters. The van der Waals surface area contributed by atoms with Gasteiger partial charge in [0.2, 0.25) is 0 Å². The zero-order chi connectivity index (χ0) is 30.9. The lowest BCUT2D eigenvalue weighted by atomic mass is 9.90. The van der Waals surface area contributed by atoms with Crippen molar-refractivity contribution >= 4 is 29.7 Å². The van der Waals surface area contributed by atoms with Crippen LogP contribution in [0.5, 0.6) is 5.75 Å². The van der Waals surface area contributed by atoms with Crippen molar-refractivity contribution in [3.63, 3.8) is 0 Å². The number of ether oxygens (including phenoxy) is 4. The molecule has 0 aliphatic carbocycles. The van der Waals surface area contributed by atoms with Crippen LogP contribution in [-0.4, -0.2) is 47.9 Å². The molecule has 3 aromatic carbocycles. The summed E-state index contributed by atoms with van der Waals surface area (Å²) < 4.78 is 23.2. The van der Waals surface area contributed by atoms with E-state index in [1.807, 2.05) is 79.7 Å². The molecule has 1 saturated heterocycles. The van der Waals surface area contributed by atoms with Crippen LogP contribution < -0.4 is 4.89 Å². The first-order chi connectivity index (χ1) is 20.6. The first kappa shape index (κ1) is 32.1. The number of hydrogen-bond donors (Lipinski definition) is 0. The third-order valence-corrected chi connectivity index (χ3v) is 7.72. The van der Waals surface area contributed by atoms with Gasteiger partial charge >= 0.3 is 17.9 Å². The normalized spacial score (nSPS) is 21.5. The maximum Gasteiger partial charge on any atom is 0.303 e. The van der Waals surface area contributed by atoms with E-state index >= 15 is 0 Å². The molecule has 0 saturated carbocycles. The van der Waals surface area contributed by atoms with E-state index in [1.54, 1.807) is 6.26 Å². The summed E-state index contributed by atoms with van der Waals surface area (Å²) >= 11 is 1.31. The Bertz CT molecular complexity index is 1390. The van der Waals surface area contributed by atoms with E-state index in [0.29, 0.717) is 18.8 Å². The van der Waals surface area contributed by atoms with Crippen LogP contribution in [0.2, 0.25) is 0 Å². The maximum absolute atomic E-state index is 12.2. The molecule has 9 nitrogen and oxygen atoms in total. The molecule has 43 heavy (non-hydrogen) atoms. The molecule has 0 aromatic heterocycles. The van der Waals surface area contributed by atoms with Crippen molar-refractivity contribution in [2.24, 2.45) is 0 Å². The molecule has 4 rings (SSSR count). The lowest BCUT2D eigenvalue weighted by molar-refractivity contribution is -0.233. The van der Waals surface area contributed by atoms with Crippen LogP contribution in [0.25, 0.3) is 0 Å². The molecule has 10 heteroatoms. The average molecular weight is 609 g/mol. The van der Waals surface area contributed by atoms with Gasteiger partial charge in [0.25, 0.3) is 0 Å². The van der Waals surface area contributed by atoms with Crippen molar-refractivity contribution in [2.45, 2.75) is 70.6 Å². The Morgan fingerprint density at radius 3 is 2.02 bits per heavy atom. The molecular formula is C33H36O9S. The average Bonchev–Trinajstić information content (AvgIpc) is 2.97. The number of thioether (sulfide) groups is 1. The Morgan fingerprint density at radius 1 is 0.767 bits per heavy atom. The molecule has 1 aliphatic heterocycles. The predicted octanol–water partition coefficient (Wildman–Crippen LogP) is 5.65. The van der Waals surface area contributed by atoms with E-state index in [1.165, 1.54) is 32.5 Å². The summed E-state index contributed by atoms with van der Waals surface area (Å²) in [5.41, 5.74) is 4.21. The molecule has 0 amide bonds. The zero-order valence-electron chi connectivity index (χ0n) is 24.8. The van der Waals surface area contributed by atoms with E-state index in [0.717, 1.165) is 27.8 Å². The first-order valence-corrected chi connectivity index (χ1v) is 15.1. The number of carbonyl (C=O) groups is 3. The van der Waals surface area contributed by atoms with Gasteiger partial charge in [-0.25, -0.2) is 0 Å². The molecule has 0 radical (unpaired) electrons. The fraction of sp³-hybridized carbons (Fsp3) is 0.364. The van der Waals surface area contributed by atoms with E-state index < -0.39 is 47.8 Å². The first-order valence-electron chi connectivity index (χ1n) is 13.9. The minimum Gasteiger partial charge on any atom is -0.455 e. The summed E-state index contributed by atoms with van der Waals surface area (Å²) in [6.45, 7) is 6.14. The van der Waals surface area contributed by atoms with E-state index in [2.05, 4.69) is 0 Å². The predicted molar refractivity (Wildman–Crippen MR) is 160 cm³/mol. The summed E-state index contributed by atoms with van der Waals surface area (Å²) in [5.74, 6) is -1.15. The van der Waals surface area contributed by atoms with Gasteiger partial charge in [-0.1, -0.05) is 60.7 Å². The van der Waals surface area contributed by atoms with Gasteiger partial charge in [-0.3, -0.25) is 14.4 Å². The Kier molecular flexibility index (Phi) is 11.2. The fourth-order valence-corrected chi connectivity index (χ4v) is 5.62. The van der Waals surface area contributed by atoms with Gasteiger partial charge in [-0.15, -0.1) is 11.8 Å². The maximum atomic E-state index is 12.2. The second kappa shape index (κ2) is 15.0. The smallest absolute Gasteiger partial charge is 0.303 e. The summed E-state index contributed by atoms with van der Waals surface area (Å²) in [6, 6.07) is 23.3. The molecule has 3 aromatic rings. The number of carbonyl (C=O) groups excluding carboxylic acids is 3. The summed E-state index contributed by atoms with van der Waals surface area (Å²) in [4.78, 5) is 47.0. The van der Waals surface area contributed by atoms with Gasteiger partial charge in [-0.05, 0) is 59.6 Å². The van der Waals surface area contributed by atoms with Crippen molar-refractivity contribution in [3.05, 3.63) is 101 Å². The third kappa shape index (κ3) is 8.82. The Balaban J connectivity index is 1.54. The van der Waals surface area contributed by atoms with Gasteiger partial charge < -0.3 is 23.8 Å². The number of esters is 3. The van der Waals surface area contributed by atoms with Crippen LogP contribution in [-0.2, 0) is 51.2 Å². The van der Waals surface area contributed by atoms with Crippen LogP contribution in [0, 0.1) is 6.92 Å². The molecule has 0 N–H and O–H groups in total. The number of rotatable bonds is 11. The second-order valence-corrected chi connectivity index (χ2v) is 11.2. The van der Waals surface area contributed by atoms with Crippen LogP contribution in [0.3, 0.4) is 0 Å². The largest absolute Gasteiger partial charge is 0.455 e. The highest BCUT2D eigenvalue weighted by atomic mass is 32.2. The highest BCUT2D eigenvalue weighted by Crippen LogP contribution is 2.41. The number of benzene rings is 3. The minimum atomic E-state index is -1.07. The zero-order valence-corrected chi connectivity index (χ0v) is 25.6. The van der Waals surface area contributed by atoms with Gasteiger partial charge in [0.15, 0.2) is 24.1 Å². The third-order valence-electron chi connectivity index (χ3n) is 6.88. The number of aryl methyl sites for hydroxylation is 1. The van der Waals surface area contributed by atoms with E-state index in [-0.39, 0.29) is 0 Å². The summed E-state index contributed by atoms with van der Waals surface area (Å²) in [7, 11) is 0. The molecular weight excluding hydrogens is 572 g/mol. The lowest BCUT2D eigenvalue weighted by Crippen LogP contribution is -2.57. The fourth-order valence-electron chi connectivity index (χ4n) is 4.91. The highest BCUT2D eigenvalue weighted by Gasteiger charge is 2.52. The van der Waals surface area contributed by atoms with Gasteiger partial charge in [0.05, 0.1) is 0 Å². The quantitative estimate of drug-likeness (QED) is 0.117. The molecule has 228 valence electrons. The monoisotopic (exact) mass is 608 g/mol. The topological polar surface area (TPSA) is 107 Å². The minimum absolute atomic E-state index is 0.337. The number of hydrogen-bond acceptors (Lipinski definition) is 10. The van der Waals surface area contributed by atoms with Gasteiger partial charge in [0, 0.05) is 20.8 Å². The molecule has 1 fully saturated rings. The molecule has 1 aliphatic rings. The van der Waals surface area contributed by atoms with Crippen molar-refractivity contribution in [1.82, 2.24) is 0 Å². The molecule has 0 unspecified atom stereocenters. The molecule has 1 heterocycles. The van der Waals surface area contributed by atoms with Crippen LogP contribution in [0.1, 0.15) is 54.7 Å². The van der Waals surface area contributed by atoms with E-state index in [9.17, 15) is 14.4 Å². The van der Waals surface area contributed by atoms with Gasteiger partial charge in [0.1, 0.15) is 18.1 Å². The molecule has 0 bridgehead atoms. The van der Waals surface area contributed by atoms with Crippen molar-refractivity contribution in [3.8, 4) is 5.75 Å². The summed E-state index contributed by atoms with van der Waals surface area (Å²) in [5, 5.41) is 0. The Hall–Kier alpha value is -3.86. The van der Waals surface area contributed by atoms with Gasteiger partial charge in [-0.2, -0.15) is 4.89 Å².